The molecule has 0 aromatic heterocycles. The van der Waals surface area contributed by atoms with Crippen molar-refractivity contribution in [3.63, 3.8) is 0 Å². The Bertz CT molecular complexity index is 526. The predicted molar refractivity (Wildman–Crippen MR) is 79.2 cm³/mol. The van der Waals surface area contributed by atoms with E-state index in [0.717, 1.165) is 12.1 Å². The Morgan fingerprint density at radius 3 is 2.41 bits per heavy atom. The summed E-state index contributed by atoms with van der Waals surface area (Å²) in [4.78, 5) is 23.5. The van der Waals surface area contributed by atoms with Crippen molar-refractivity contribution < 1.29 is 19.9 Å². The van der Waals surface area contributed by atoms with E-state index in [1.807, 2.05) is 12.1 Å². The van der Waals surface area contributed by atoms with Crippen LogP contribution >= 0.6 is 0 Å². The van der Waals surface area contributed by atoms with Crippen molar-refractivity contribution in [2.45, 2.75) is 44.5 Å². The average Bonchev–Trinajstić information content (AvgIpc) is 3.34. The summed E-state index contributed by atoms with van der Waals surface area (Å²) in [6, 6.07) is 6.41. The normalized spacial score (nSPS) is 16.7. The van der Waals surface area contributed by atoms with Gasteiger partial charge in [0.2, 0.25) is 0 Å². The number of nitrogens with one attached hydrogen (secondary N) is 3. The number of aliphatic hydroxyl groups excluding tert-OH is 1. The summed E-state index contributed by atoms with van der Waals surface area (Å²) in [5.74, 6) is -1.36. The molecule has 1 aromatic carbocycles. The SMILES string of the molecule is C[C@@H](O)[C@H](NC(=O)c1ccc(CNC2CC2)cc1)C(=O)NO. The molecule has 2 atom stereocenters. The summed E-state index contributed by atoms with van der Waals surface area (Å²) >= 11 is 0. The molecular weight excluding hydrogens is 286 g/mol. The van der Waals surface area contributed by atoms with Gasteiger partial charge in [0.25, 0.3) is 11.8 Å². The second-order valence-corrected chi connectivity index (χ2v) is 5.52. The van der Waals surface area contributed by atoms with Gasteiger partial charge >= 0.3 is 0 Å². The fourth-order valence-electron chi connectivity index (χ4n) is 2.02. The smallest absolute Gasteiger partial charge is 0.268 e. The number of rotatable bonds is 7. The summed E-state index contributed by atoms with van der Waals surface area (Å²) in [5, 5.41) is 23.9. The molecule has 2 rings (SSSR count). The molecule has 0 radical (unpaired) electrons. The van der Waals surface area contributed by atoms with Crippen molar-refractivity contribution in [1.82, 2.24) is 16.1 Å². The number of amides is 2. The monoisotopic (exact) mass is 307 g/mol. The molecule has 5 N–H and O–H groups in total. The summed E-state index contributed by atoms with van der Waals surface area (Å²) in [5.41, 5.74) is 2.88. The maximum Gasteiger partial charge on any atom is 0.268 e. The average molecular weight is 307 g/mol. The lowest BCUT2D eigenvalue weighted by Crippen LogP contribution is -2.51. The Hall–Kier alpha value is -1.96. The van der Waals surface area contributed by atoms with Crippen LogP contribution in [0.5, 0.6) is 0 Å². The molecule has 0 bridgehead atoms. The lowest BCUT2D eigenvalue weighted by Gasteiger charge is -2.19. The van der Waals surface area contributed by atoms with Gasteiger partial charge in [-0.1, -0.05) is 12.1 Å². The maximum atomic E-state index is 12.1. The van der Waals surface area contributed by atoms with E-state index in [1.54, 1.807) is 12.1 Å². The molecule has 2 amide bonds. The fraction of sp³-hybridized carbons (Fsp3) is 0.467. The highest BCUT2D eigenvalue weighted by atomic mass is 16.5. The number of carbonyl (C=O) groups is 2. The van der Waals surface area contributed by atoms with Crippen LogP contribution in [0, 0.1) is 0 Å². The summed E-state index contributed by atoms with van der Waals surface area (Å²) in [7, 11) is 0. The van der Waals surface area contributed by atoms with Crippen molar-refractivity contribution in [1.29, 1.82) is 0 Å². The molecular formula is C15H21N3O4. The van der Waals surface area contributed by atoms with E-state index in [2.05, 4.69) is 10.6 Å². The molecule has 120 valence electrons. The minimum atomic E-state index is -1.21. The minimum Gasteiger partial charge on any atom is -0.391 e. The third-order valence-corrected chi connectivity index (χ3v) is 3.55. The fourth-order valence-corrected chi connectivity index (χ4v) is 2.02. The van der Waals surface area contributed by atoms with Gasteiger partial charge in [-0.15, -0.1) is 0 Å². The molecule has 1 aromatic rings. The highest BCUT2D eigenvalue weighted by molar-refractivity contribution is 5.97. The van der Waals surface area contributed by atoms with Crippen molar-refractivity contribution in [2.24, 2.45) is 0 Å². The summed E-state index contributed by atoms with van der Waals surface area (Å²) in [6.07, 6.45) is 1.31. The Kier molecular flexibility index (Phi) is 5.48. The highest BCUT2D eigenvalue weighted by Gasteiger charge is 2.25. The van der Waals surface area contributed by atoms with Crippen LogP contribution in [-0.2, 0) is 11.3 Å². The molecule has 1 aliphatic carbocycles. The molecule has 7 nitrogen and oxygen atoms in total. The topological polar surface area (TPSA) is 111 Å². The van der Waals surface area contributed by atoms with E-state index in [4.69, 9.17) is 5.21 Å². The third kappa shape index (κ3) is 4.52. The lowest BCUT2D eigenvalue weighted by atomic mass is 10.1. The van der Waals surface area contributed by atoms with Gasteiger partial charge in [-0.25, -0.2) is 5.48 Å². The van der Waals surface area contributed by atoms with Gasteiger partial charge < -0.3 is 15.7 Å². The quantitative estimate of drug-likeness (QED) is 0.357. The van der Waals surface area contributed by atoms with E-state index in [9.17, 15) is 14.7 Å². The van der Waals surface area contributed by atoms with E-state index >= 15 is 0 Å². The number of hydrogen-bond donors (Lipinski definition) is 5. The van der Waals surface area contributed by atoms with E-state index in [-0.39, 0.29) is 0 Å². The van der Waals surface area contributed by atoms with Crippen LogP contribution in [0.25, 0.3) is 0 Å². The Morgan fingerprint density at radius 1 is 1.27 bits per heavy atom. The van der Waals surface area contributed by atoms with Crippen LogP contribution < -0.4 is 16.1 Å². The van der Waals surface area contributed by atoms with Crippen molar-refractivity contribution in [3.8, 4) is 0 Å². The Labute approximate surface area is 128 Å². The van der Waals surface area contributed by atoms with Crippen molar-refractivity contribution in [2.75, 3.05) is 0 Å². The molecule has 1 fully saturated rings. The third-order valence-electron chi connectivity index (χ3n) is 3.55. The summed E-state index contributed by atoms with van der Waals surface area (Å²) in [6.45, 7) is 2.11. The van der Waals surface area contributed by atoms with Crippen molar-refractivity contribution >= 4 is 11.8 Å². The van der Waals surface area contributed by atoms with Crippen LogP contribution in [0.15, 0.2) is 24.3 Å². The molecule has 22 heavy (non-hydrogen) atoms. The number of aliphatic hydroxyl groups is 1. The number of hydroxylamine groups is 1. The lowest BCUT2D eigenvalue weighted by molar-refractivity contribution is -0.133. The molecule has 0 spiro atoms. The van der Waals surface area contributed by atoms with Gasteiger partial charge in [0.1, 0.15) is 6.04 Å². The largest absolute Gasteiger partial charge is 0.391 e. The molecule has 0 saturated heterocycles. The predicted octanol–water partition coefficient (Wildman–Crippen LogP) is -0.0768. The van der Waals surface area contributed by atoms with Gasteiger partial charge in [0, 0.05) is 18.2 Å². The zero-order valence-corrected chi connectivity index (χ0v) is 12.4. The van der Waals surface area contributed by atoms with E-state index < -0.39 is 24.0 Å². The zero-order chi connectivity index (χ0) is 16.1. The van der Waals surface area contributed by atoms with E-state index in [1.165, 1.54) is 25.2 Å². The first-order valence-electron chi connectivity index (χ1n) is 7.26. The highest BCUT2D eigenvalue weighted by Crippen LogP contribution is 2.19. The van der Waals surface area contributed by atoms with Crippen LogP contribution in [0.3, 0.4) is 0 Å². The van der Waals surface area contributed by atoms with Gasteiger partial charge in [0.05, 0.1) is 6.10 Å². The minimum absolute atomic E-state index is 0.381. The van der Waals surface area contributed by atoms with Gasteiger partial charge in [-0.05, 0) is 37.5 Å². The van der Waals surface area contributed by atoms with Crippen LogP contribution in [0.2, 0.25) is 0 Å². The second kappa shape index (κ2) is 7.35. The van der Waals surface area contributed by atoms with Gasteiger partial charge in [0.15, 0.2) is 0 Å². The first kappa shape index (κ1) is 16.4. The van der Waals surface area contributed by atoms with Crippen molar-refractivity contribution in [3.05, 3.63) is 35.4 Å². The van der Waals surface area contributed by atoms with Gasteiger partial charge in [-0.2, -0.15) is 0 Å². The molecule has 0 unspecified atom stereocenters. The standard InChI is InChI=1S/C15H21N3O4/c1-9(19)13(15(21)18-22)17-14(20)11-4-2-10(3-5-11)8-16-12-6-7-12/h2-5,9,12-13,16,19,22H,6-8H2,1H3,(H,17,20)(H,18,21)/t9-,13+/m1/s1. The maximum absolute atomic E-state index is 12.1. The molecule has 1 aliphatic rings. The van der Waals surface area contributed by atoms with Crippen LogP contribution in [0.4, 0.5) is 0 Å². The van der Waals surface area contributed by atoms with Crippen LogP contribution in [-0.4, -0.2) is 40.3 Å². The number of carbonyl (C=O) groups excluding carboxylic acids is 2. The zero-order valence-electron chi connectivity index (χ0n) is 12.4. The first-order chi connectivity index (χ1) is 10.5. The molecule has 0 heterocycles. The summed E-state index contributed by atoms with van der Waals surface area (Å²) < 4.78 is 0. The number of benzene rings is 1. The second-order valence-electron chi connectivity index (χ2n) is 5.52. The van der Waals surface area contributed by atoms with E-state index in [0.29, 0.717) is 11.6 Å². The Morgan fingerprint density at radius 2 is 1.91 bits per heavy atom. The van der Waals surface area contributed by atoms with Gasteiger partial charge in [-0.3, -0.25) is 14.8 Å². The number of hydrogen-bond acceptors (Lipinski definition) is 5. The molecule has 0 aliphatic heterocycles. The van der Waals surface area contributed by atoms with Crippen LogP contribution in [0.1, 0.15) is 35.7 Å². The first-order valence-corrected chi connectivity index (χ1v) is 7.26. The Balaban J connectivity index is 1.94. The molecule has 7 heteroatoms. The molecule has 1 saturated carbocycles.